The Balaban J connectivity index is 2.28. The van der Waals surface area contributed by atoms with Crippen LogP contribution in [0.4, 0.5) is 8.78 Å². The van der Waals surface area contributed by atoms with Gasteiger partial charge in [0.2, 0.25) is 0 Å². The van der Waals surface area contributed by atoms with Gasteiger partial charge in [-0.15, -0.1) is 11.3 Å². The summed E-state index contributed by atoms with van der Waals surface area (Å²) in [4.78, 5) is 20.9. The number of nitrogens with zero attached hydrogens (tertiary/aromatic N) is 2. The summed E-state index contributed by atoms with van der Waals surface area (Å²) >= 11 is 7.13. The maximum Gasteiger partial charge on any atom is 0.286 e. The van der Waals surface area contributed by atoms with E-state index >= 15 is 0 Å². The standard InChI is InChI=1S/C18H20ClF2N3OS/c1-4-8-18(20,21)14(11(3)5-2)23-16(25)13-15(19)24-17(26-13)12-7-6-9-22-10-12/h4,6-11,14H,5H2,1-3H3,(H,23,25). The summed E-state index contributed by atoms with van der Waals surface area (Å²) in [6.07, 6.45) is 5.79. The molecule has 0 aromatic carbocycles. The lowest BCUT2D eigenvalue weighted by Crippen LogP contribution is -2.50. The Morgan fingerprint density at radius 2 is 2.23 bits per heavy atom. The number of carbonyl (C=O) groups is 1. The normalized spacial score (nSPS) is 14.4. The lowest BCUT2D eigenvalue weighted by atomic mass is 9.93. The van der Waals surface area contributed by atoms with Gasteiger partial charge in [-0.1, -0.05) is 37.9 Å². The van der Waals surface area contributed by atoms with Gasteiger partial charge in [0.15, 0.2) is 5.15 Å². The molecule has 1 N–H and O–H groups in total. The average Bonchev–Trinajstić information content (AvgIpc) is 3.01. The van der Waals surface area contributed by atoms with Crippen LogP contribution in [0.25, 0.3) is 10.6 Å². The summed E-state index contributed by atoms with van der Waals surface area (Å²) in [5, 5.41) is 2.94. The van der Waals surface area contributed by atoms with Gasteiger partial charge in [-0.2, -0.15) is 8.78 Å². The molecule has 4 nitrogen and oxygen atoms in total. The summed E-state index contributed by atoms with van der Waals surface area (Å²) in [6.45, 7) is 5.00. The molecule has 2 aromatic rings. The Morgan fingerprint density at radius 3 is 2.81 bits per heavy atom. The van der Waals surface area contributed by atoms with Crippen molar-refractivity contribution in [2.75, 3.05) is 0 Å². The van der Waals surface area contributed by atoms with Gasteiger partial charge in [0, 0.05) is 18.0 Å². The summed E-state index contributed by atoms with van der Waals surface area (Å²) in [5.74, 6) is -4.24. The molecule has 0 spiro atoms. The fourth-order valence-corrected chi connectivity index (χ4v) is 3.63. The van der Waals surface area contributed by atoms with E-state index in [-0.39, 0.29) is 10.0 Å². The number of hydrogen-bond donors (Lipinski definition) is 1. The zero-order valence-electron chi connectivity index (χ0n) is 14.7. The van der Waals surface area contributed by atoms with Crippen LogP contribution in [-0.4, -0.2) is 27.8 Å². The maximum absolute atomic E-state index is 14.4. The molecule has 2 atom stereocenters. The number of halogens is 3. The molecule has 1 amide bonds. The molecule has 0 fully saturated rings. The van der Waals surface area contributed by atoms with Crippen molar-refractivity contribution in [1.82, 2.24) is 15.3 Å². The van der Waals surface area contributed by atoms with Crippen molar-refractivity contribution in [2.45, 2.75) is 39.2 Å². The Labute approximate surface area is 160 Å². The van der Waals surface area contributed by atoms with E-state index in [0.717, 1.165) is 17.4 Å². The van der Waals surface area contributed by atoms with Crippen LogP contribution in [0.15, 0.2) is 36.7 Å². The zero-order valence-corrected chi connectivity index (χ0v) is 16.2. The Morgan fingerprint density at radius 1 is 1.50 bits per heavy atom. The van der Waals surface area contributed by atoms with Crippen molar-refractivity contribution in [3.63, 3.8) is 0 Å². The zero-order chi connectivity index (χ0) is 19.3. The highest BCUT2D eigenvalue weighted by molar-refractivity contribution is 7.17. The number of allylic oxidation sites excluding steroid dienone is 1. The van der Waals surface area contributed by atoms with Gasteiger partial charge >= 0.3 is 0 Å². The highest BCUT2D eigenvalue weighted by Gasteiger charge is 2.41. The minimum absolute atomic E-state index is 0.0106. The SMILES string of the molecule is CC=CC(F)(F)C(NC(=O)c1sc(-c2cccnc2)nc1Cl)C(C)CC. The van der Waals surface area contributed by atoms with Gasteiger partial charge < -0.3 is 5.32 Å². The van der Waals surface area contributed by atoms with Gasteiger partial charge in [-0.25, -0.2) is 4.98 Å². The Hall–Kier alpha value is -1.86. The van der Waals surface area contributed by atoms with Crippen molar-refractivity contribution in [1.29, 1.82) is 0 Å². The van der Waals surface area contributed by atoms with Crippen molar-refractivity contribution in [3.05, 3.63) is 46.7 Å². The molecule has 2 aromatic heterocycles. The second-order valence-electron chi connectivity index (χ2n) is 5.89. The topological polar surface area (TPSA) is 54.9 Å². The van der Waals surface area contributed by atoms with E-state index in [4.69, 9.17) is 11.6 Å². The molecular formula is C18H20ClF2N3OS. The van der Waals surface area contributed by atoms with Crippen molar-refractivity contribution >= 4 is 28.8 Å². The van der Waals surface area contributed by atoms with Crippen LogP contribution in [-0.2, 0) is 0 Å². The monoisotopic (exact) mass is 399 g/mol. The quantitative estimate of drug-likeness (QED) is 0.650. The second kappa shape index (κ2) is 8.68. The van der Waals surface area contributed by atoms with Gasteiger partial charge in [0.25, 0.3) is 11.8 Å². The molecule has 0 radical (unpaired) electrons. The number of alkyl halides is 2. The van der Waals surface area contributed by atoms with Crippen LogP contribution in [0.2, 0.25) is 5.15 Å². The number of pyridine rings is 1. The fourth-order valence-electron chi connectivity index (χ4n) is 2.44. The fraction of sp³-hybridized carbons (Fsp3) is 0.389. The van der Waals surface area contributed by atoms with Crippen LogP contribution in [0.3, 0.4) is 0 Å². The number of aromatic nitrogens is 2. The van der Waals surface area contributed by atoms with Crippen LogP contribution in [0.5, 0.6) is 0 Å². The molecule has 2 unspecified atom stereocenters. The van der Waals surface area contributed by atoms with Gasteiger partial charge in [0.05, 0.1) is 6.04 Å². The first-order valence-electron chi connectivity index (χ1n) is 8.19. The number of thiazole rings is 1. The van der Waals surface area contributed by atoms with E-state index in [1.165, 1.54) is 13.0 Å². The molecule has 0 aliphatic rings. The van der Waals surface area contributed by atoms with Gasteiger partial charge in [-0.3, -0.25) is 9.78 Å². The maximum atomic E-state index is 14.4. The highest BCUT2D eigenvalue weighted by Crippen LogP contribution is 2.32. The van der Waals surface area contributed by atoms with Crippen molar-refractivity contribution in [3.8, 4) is 10.6 Å². The first kappa shape index (κ1) is 20.5. The van der Waals surface area contributed by atoms with Crippen LogP contribution < -0.4 is 5.32 Å². The van der Waals surface area contributed by atoms with Gasteiger partial charge in [-0.05, 0) is 31.1 Å². The number of rotatable bonds is 7. The smallest absolute Gasteiger partial charge is 0.286 e. The molecule has 0 bridgehead atoms. The first-order chi connectivity index (χ1) is 12.3. The molecule has 0 aliphatic carbocycles. The van der Waals surface area contributed by atoms with E-state index in [1.54, 1.807) is 38.4 Å². The molecule has 26 heavy (non-hydrogen) atoms. The number of hydrogen-bond acceptors (Lipinski definition) is 4. The molecule has 0 saturated carbocycles. The molecule has 140 valence electrons. The van der Waals surface area contributed by atoms with E-state index < -0.39 is 23.8 Å². The summed E-state index contributed by atoms with van der Waals surface area (Å²) in [5.41, 5.74) is 0.705. The van der Waals surface area contributed by atoms with E-state index in [2.05, 4.69) is 15.3 Å². The third kappa shape index (κ3) is 4.65. The second-order valence-corrected chi connectivity index (χ2v) is 7.25. The largest absolute Gasteiger partial charge is 0.342 e. The average molecular weight is 400 g/mol. The van der Waals surface area contributed by atoms with Crippen molar-refractivity contribution in [2.24, 2.45) is 5.92 Å². The molecule has 2 rings (SSSR count). The lowest BCUT2D eigenvalue weighted by molar-refractivity contribution is -0.00672. The summed E-state index contributed by atoms with van der Waals surface area (Å²) in [7, 11) is 0. The first-order valence-corrected chi connectivity index (χ1v) is 9.38. The van der Waals surface area contributed by atoms with Crippen LogP contribution >= 0.6 is 22.9 Å². The summed E-state index contributed by atoms with van der Waals surface area (Å²) in [6, 6.07) is 2.18. The third-order valence-electron chi connectivity index (χ3n) is 4.00. The third-order valence-corrected chi connectivity index (χ3v) is 5.49. The number of nitrogens with one attached hydrogen (secondary N) is 1. The molecule has 8 heteroatoms. The predicted molar refractivity (Wildman–Crippen MR) is 101 cm³/mol. The van der Waals surface area contributed by atoms with Crippen molar-refractivity contribution < 1.29 is 13.6 Å². The molecule has 0 aliphatic heterocycles. The Kier molecular flexibility index (Phi) is 6.83. The lowest BCUT2D eigenvalue weighted by Gasteiger charge is -2.30. The number of amides is 1. The molecule has 0 saturated heterocycles. The highest BCUT2D eigenvalue weighted by atomic mass is 35.5. The van der Waals surface area contributed by atoms with E-state index in [9.17, 15) is 13.6 Å². The summed E-state index contributed by atoms with van der Waals surface area (Å²) < 4.78 is 28.8. The van der Waals surface area contributed by atoms with Crippen LogP contribution in [0, 0.1) is 5.92 Å². The molecule has 2 heterocycles. The van der Waals surface area contributed by atoms with E-state index in [1.807, 2.05) is 0 Å². The minimum atomic E-state index is -3.16. The minimum Gasteiger partial charge on any atom is -0.342 e. The predicted octanol–water partition coefficient (Wildman–Crippen LogP) is 5.21. The van der Waals surface area contributed by atoms with E-state index in [0.29, 0.717) is 17.0 Å². The number of carbonyl (C=O) groups excluding carboxylic acids is 1. The van der Waals surface area contributed by atoms with Gasteiger partial charge in [0.1, 0.15) is 9.88 Å². The molecular weight excluding hydrogens is 380 g/mol. The Bertz CT molecular complexity index is 780. The van der Waals surface area contributed by atoms with Crippen LogP contribution in [0.1, 0.15) is 36.9 Å².